The fourth-order valence-corrected chi connectivity index (χ4v) is 1.35. The quantitative estimate of drug-likeness (QED) is 0.784. The zero-order valence-corrected chi connectivity index (χ0v) is 8.38. The van der Waals surface area contributed by atoms with E-state index in [-0.39, 0.29) is 5.82 Å². The van der Waals surface area contributed by atoms with Crippen molar-refractivity contribution in [2.24, 2.45) is 0 Å². The van der Waals surface area contributed by atoms with Gasteiger partial charge in [0.25, 0.3) is 0 Å². The molecule has 0 aliphatic heterocycles. The van der Waals surface area contributed by atoms with Crippen LogP contribution in [0.4, 0.5) is 5.82 Å². The van der Waals surface area contributed by atoms with Crippen molar-refractivity contribution in [3.05, 3.63) is 34.9 Å². The van der Waals surface area contributed by atoms with Gasteiger partial charge in [0.15, 0.2) is 11.6 Å². The maximum atomic E-state index is 5.90. The Hall–Kier alpha value is -1.48. The predicted molar refractivity (Wildman–Crippen MR) is 56.1 cm³/mol. The van der Waals surface area contributed by atoms with Gasteiger partial charge in [0.1, 0.15) is 5.02 Å². The normalized spacial score (nSPS) is 10.4. The molecule has 1 aromatic heterocycles. The van der Waals surface area contributed by atoms with Gasteiger partial charge < -0.3 is 10.3 Å². The Labute approximate surface area is 86.5 Å². The number of nitrogens with zero attached hydrogens (tertiary/aromatic N) is 1. The summed E-state index contributed by atoms with van der Waals surface area (Å²) in [6, 6.07) is 7.79. The summed E-state index contributed by atoms with van der Waals surface area (Å²) < 4.78 is 5.01. The highest BCUT2D eigenvalue weighted by atomic mass is 35.5. The van der Waals surface area contributed by atoms with E-state index in [1.165, 1.54) is 5.56 Å². The first-order valence-corrected chi connectivity index (χ1v) is 4.54. The van der Waals surface area contributed by atoms with Crippen LogP contribution in [0.5, 0.6) is 0 Å². The van der Waals surface area contributed by atoms with Crippen molar-refractivity contribution in [3.63, 3.8) is 0 Å². The van der Waals surface area contributed by atoms with E-state index in [1.807, 2.05) is 31.2 Å². The second kappa shape index (κ2) is 3.35. The summed E-state index contributed by atoms with van der Waals surface area (Å²) in [5, 5.41) is 3.96. The minimum Gasteiger partial charge on any atom is -0.380 e. The predicted octanol–water partition coefficient (Wildman–Crippen LogP) is 2.89. The Morgan fingerprint density at radius 2 is 1.93 bits per heavy atom. The van der Waals surface area contributed by atoms with Crippen LogP contribution in [-0.2, 0) is 0 Å². The van der Waals surface area contributed by atoms with Crippen molar-refractivity contribution >= 4 is 17.4 Å². The van der Waals surface area contributed by atoms with Crippen molar-refractivity contribution in [1.82, 2.24) is 5.16 Å². The molecule has 0 atom stereocenters. The molecule has 1 aromatic carbocycles. The lowest BCUT2D eigenvalue weighted by Gasteiger charge is -1.96. The molecule has 2 N–H and O–H groups in total. The molecule has 0 saturated heterocycles. The molecule has 0 aliphatic rings. The van der Waals surface area contributed by atoms with E-state index in [0.717, 1.165) is 5.56 Å². The minimum atomic E-state index is 0.224. The third-order valence-corrected chi connectivity index (χ3v) is 2.34. The summed E-state index contributed by atoms with van der Waals surface area (Å²) in [6.07, 6.45) is 0. The molecule has 2 rings (SSSR count). The van der Waals surface area contributed by atoms with Crippen LogP contribution in [0.25, 0.3) is 11.3 Å². The standard InChI is InChI=1S/C10H9ClN2O/c1-6-2-4-7(5-3-6)9-8(11)10(12)13-14-9/h2-5H,1H3,(H2,12,13). The average Bonchev–Trinajstić information content (AvgIpc) is 2.50. The van der Waals surface area contributed by atoms with Gasteiger partial charge in [-0.3, -0.25) is 0 Å². The van der Waals surface area contributed by atoms with E-state index in [4.69, 9.17) is 21.9 Å². The number of hydrogen-bond donors (Lipinski definition) is 1. The first-order valence-electron chi connectivity index (χ1n) is 4.16. The van der Waals surface area contributed by atoms with Crippen LogP contribution in [-0.4, -0.2) is 5.16 Å². The third kappa shape index (κ3) is 1.46. The van der Waals surface area contributed by atoms with Gasteiger partial charge in [0, 0.05) is 5.56 Å². The number of halogens is 1. The average molecular weight is 209 g/mol. The summed E-state index contributed by atoms with van der Waals surface area (Å²) in [7, 11) is 0. The van der Waals surface area contributed by atoms with Crippen LogP contribution in [0.3, 0.4) is 0 Å². The van der Waals surface area contributed by atoms with Crippen LogP contribution in [0.2, 0.25) is 5.02 Å². The molecule has 0 unspecified atom stereocenters. The molecule has 4 heteroatoms. The van der Waals surface area contributed by atoms with E-state index in [0.29, 0.717) is 10.8 Å². The number of rotatable bonds is 1. The van der Waals surface area contributed by atoms with Crippen LogP contribution >= 0.6 is 11.6 Å². The Morgan fingerprint density at radius 1 is 1.29 bits per heavy atom. The fraction of sp³-hybridized carbons (Fsp3) is 0.100. The summed E-state index contributed by atoms with van der Waals surface area (Å²) in [5.74, 6) is 0.742. The van der Waals surface area contributed by atoms with E-state index in [9.17, 15) is 0 Å². The van der Waals surface area contributed by atoms with Crippen LogP contribution < -0.4 is 5.73 Å². The van der Waals surface area contributed by atoms with Gasteiger partial charge in [-0.1, -0.05) is 46.6 Å². The zero-order valence-electron chi connectivity index (χ0n) is 7.62. The second-order valence-corrected chi connectivity index (χ2v) is 3.45. The lowest BCUT2D eigenvalue weighted by molar-refractivity contribution is 0.436. The molecule has 0 fully saturated rings. The number of hydrogen-bond acceptors (Lipinski definition) is 3. The summed E-state index contributed by atoms with van der Waals surface area (Å²) in [6.45, 7) is 2.01. The molecular weight excluding hydrogens is 200 g/mol. The van der Waals surface area contributed by atoms with Gasteiger partial charge in [-0.25, -0.2) is 0 Å². The molecular formula is C10H9ClN2O. The third-order valence-electron chi connectivity index (χ3n) is 1.97. The highest BCUT2D eigenvalue weighted by Gasteiger charge is 2.12. The molecule has 0 saturated carbocycles. The van der Waals surface area contributed by atoms with Crippen molar-refractivity contribution in [1.29, 1.82) is 0 Å². The maximum absolute atomic E-state index is 5.90. The second-order valence-electron chi connectivity index (χ2n) is 3.08. The largest absolute Gasteiger partial charge is 0.380 e. The maximum Gasteiger partial charge on any atom is 0.187 e. The molecule has 14 heavy (non-hydrogen) atoms. The molecule has 2 aromatic rings. The summed E-state index contributed by atoms with van der Waals surface area (Å²) in [4.78, 5) is 0. The van der Waals surface area contributed by atoms with Gasteiger partial charge in [-0.15, -0.1) is 0 Å². The van der Waals surface area contributed by atoms with E-state index in [1.54, 1.807) is 0 Å². The van der Waals surface area contributed by atoms with Crippen molar-refractivity contribution in [2.45, 2.75) is 6.92 Å². The Bertz CT molecular complexity index is 448. The van der Waals surface area contributed by atoms with Crippen molar-refractivity contribution in [3.8, 4) is 11.3 Å². The van der Waals surface area contributed by atoms with Crippen LogP contribution in [0.1, 0.15) is 5.56 Å². The van der Waals surface area contributed by atoms with E-state index < -0.39 is 0 Å². The van der Waals surface area contributed by atoms with E-state index >= 15 is 0 Å². The number of anilines is 1. The summed E-state index contributed by atoms with van der Waals surface area (Å²) >= 11 is 5.90. The van der Waals surface area contributed by atoms with E-state index in [2.05, 4.69) is 5.16 Å². The first-order chi connectivity index (χ1) is 6.68. The SMILES string of the molecule is Cc1ccc(-c2onc(N)c2Cl)cc1. The molecule has 0 radical (unpaired) electrons. The van der Waals surface area contributed by atoms with Gasteiger partial charge in [0.05, 0.1) is 0 Å². The molecule has 0 aliphatic carbocycles. The Morgan fingerprint density at radius 3 is 2.43 bits per heavy atom. The molecule has 0 amide bonds. The van der Waals surface area contributed by atoms with Gasteiger partial charge in [-0.2, -0.15) is 0 Å². The molecule has 0 spiro atoms. The number of benzene rings is 1. The molecule has 0 bridgehead atoms. The van der Waals surface area contributed by atoms with Crippen LogP contribution in [0, 0.1) is 6.92 Å². The summed E-state index contributed by atoms with van der Waals surface area (Å²) in [5.41, 5.74) is 7.53. The minimum absolute atomic E-state index is 0.224. The molecule has 3 nitrogen and oxygen atoms in total. The Kier molecular flexibility index (Phi) is 2.17. The lowest BCUT2D eigenvalue weighted by atomic mass is 10.1. The topological polar surface area (TPSA) is 52.0 Å². The van der Waals surface area contributed by atoms with Gasteiger partial charge in [0.2, 0.25) is 0 Å². The zero-order chi connectivity index (χ0) is 10.1. The molecule has 72 valence electrons. The van der Waals surface area contributed by atoms with Crippen molar-refractivity contribution < 1.29 is 4.52 Å². The molecule has 1 heterocycles. The number of aromatic nitrogens is 1. The highest BCUT2D eigenvalue weighted by Crippen LogP contribution is 2.31. The van der Waals surface area contributed by atoms with Gasteiger partial charge >= 0.3 is 0 Å². The van der Waals surface area contributed by atoms with Gasteiger partial charge in [-0.05, 0) is 6.92 Å². The first kappa shape index (κ1) is 9.09. The number of nitrogen functional groups attached to an aromatic ring is 1. The van der Waals surface area contributed by atoms with Crippen molar-refractivity contribution in [2.75, 3.05) is 5.73 Å². The lowest BCUT2D eigenvalue weighted by Crippen LogP contribution is -1.83. The smallest absolute Gasteiger partial charge is 0.187 e. The van der Waals surface area contributed by atoms with Crippen LogP contribution in [0.15, 0.2) is 28.8 Å². The highest BCUT2D eigenvalue weighted by molar-refractivity contribution is 6.35. The monoisotopic (exact) mass is 208 g/mol. The fourth-order valence-electron chi connectivity index (χ4n) is 1.18. The Balaban J connectivity index is 2.49. The number of aryl methyl sites for hydroxylation is 1. The number of nitrogens with two attached hydrogens (primary N) is 1.